The Bertz CT molecular complexity index is 511. The van der Waals surface area contributed by atoms with E-state index in [1.807, 2.05) is 0 Å². The van der Waals surface area contributed by atoms with Crippen LogP contribution in [0.25, 0.3) is 0 Å². The van der Waals surface area contributed by atoms with Crippen LogP contribution in [0.2, 0.25) is 0 Å². The second-order valence-corrected chi connectivity index (χ2v) is 7.48. The fourth-order valence-corrected chi connectivity index (χ4v) is 4.80. The first-order chi connectivity index (χ1) is 10.3. The van der Waals surface area contributed by atoms with Crippen molar-refractivity contribution < 1.29 is 0 Å². The SMILES string of the molecule is CC1CCSC(Cc2ccccc2)(Cc2ccccc2)N1. The number of benzene rings is 2. The van der Waals surface area contributed by atoms with E-state index in [1.165, 1.54) is 23.3 Å². The predicted octanol–water partition coefficient (Wildman–Crippen LogP) is 4.28. The van der Waals surface area contributed by atoms with E-state index in [0.29, 0.717) is 6.04 Å². The highest BCUT2D eigenvalue weighted by molar-refractivity contribution is 8.00. The molecule has 1 aliphatic rings. The summed E-state index contributed by atoms with van der Waals surface area (Å²) in [5.74, 6) is 1.24. The molecule has 1 aliphatic heterocycles. The van der Waals surface area contributed by atoms with Crippen molar-refractivity contribution in [1.29, 1.82) is 0 Å². The standard InChI is InChI=1S/C19H23NS/c1-16-12-13-21-19(20-16,14-17-8-4-2-5-9-17)15-18-10-6-3-7-11-18/h2-11,16,20H,12-15H2,1H3. The van der Waals surface area contributed by atoms with Crippen molar-refractivity contribution in [3.05, 3.63) is 71.8 Å². The molecule has 2 aromatic carbocycles. The van der Waals surface area contributed by atoms with Gasteiger partial charge in [-0.15, -0.1) is 11.8 Å². The lowest BCUT2D eigenvalue weighted by Gasteiger charge is -2.41. The zero-order valence-corrected chi connectivity index (χ0v) is 13.4. The normalized spacial score (nSPS) is 21.1. The molecule has 21 heavy (non-hydrogen) atoms. The first kappa shape index (κ1) is 14.7. The van der Waals surface area contributed by atoms with Crippen LogP contribution in [0.3, 0.4) is 0 Å². The topological polar surface area (TPSA) is 12.0 Å². The molecular weight excluding hydrogens is 274 g/mol. The highest BCUT2D eigenvalue weighted by atomic mass is 32.2. The van der Waals surface area contributed by atoms with Gasteiger partial charge in [0.05, 0.1) is 4.87 Å². The first-order valence-corrected chi connectivity index (χ1v) is 8.74. The fraction of sp³-hybridized carbons (Fsp3) is 0.368. The molecule has 0 bridgehead atoms. The van der Waals surface area contributed by atoms with Crippen LogP contribution in [0, 0.1) is 0 Å². The maximum absolute atomic E-state index is 3.89. The van der Waals surface area contributed by atoms with Gasteiger partial charge in [0.25, 0.3) is 0 Å². The molecule has 0 saturated carbocycles. The summed E-state index contributed by atoms with van der Waals surface area (Å²) in [5, 5.41) is 3.89. The van der Waals surface area contributed by atoms with Gasteiger partial charge in [-0.25, -0.2) is 0 Å². The molecule has 1 heterocycles. The van der Waals surface area contributed by atoms with E-state index in [0.717, 1.165) is 12.8 Å². The van der Waals surface area contributed by atoms with E-state index in [1.54, 1.807) is 0 Å². The van der Waals surface area contributed by atoms with Gasteiger partial charge in [0, 0.05) is 18.9 Å². The van der Waals surface area contributed by atoms with Gasteiger partial charge in [-0.1, -0.05) is 60.7 Å². The largest absolute Gasteiger partial charge is 0.300 e. The molecule has 1 unspecified atom stereocenters. The summed E-state index contributed by atoms with van der Waals surface area (Å²) in [4.78, 5) is 0.125. The average Bonchev–Trinajstić information content (AvgIpc) is 2.49. The van der Waals surface area contributed by atoms with Crippen LogP contribution in [0.5, 0.6) is 0 Å². The van der Waals surface area contributed by atoms with Gasteiger partial charge in [0.2, 0.25) is 0 Å². The van der Waals surface area contributed by atoms with Gasteiger partial charge in [0.1, 0.15) is 0 Å². The molecule has 0 spiro atoms. The van der Waals surface area contributed by atoms with Crippen molar-refractivity contribution in [3.8, 4) is 0 Å². The molecule has 110 valence electrons. The summed E-state index contributed by atoms with van der Waals surface area (Å²) < 4.78 is 0. The molecule has 1 N–H and O–H groups in total. The van der Waals surface area contributed by atoms with Crippen LogP contribution in [-0.2, 0) is 12.8 Å². The zero-order valence-electron chi connectivity index (χ0n) is 12.6. The maximum Gasteiger partial charge on any atom is 0.0728 e. The Morgan fingerprint density at radius 1 is 0.952 bits per heavy atom. The minimum atomic E-state index is 0.125. The smallest absolute Gasteiger partial charge is 0.0728 e. The van der Waals surface area contributed by atoms with Crippen LogP contribution < -0.4 is 5.32 Å². The lowest BCUT2D eigenvalue weighted by atomic mass is 9.97. The highest BCUT2D eigenvalue weighted by Crippen LogP contribution is 2.35. The Labute approximate surface area is 132 Å². The van der Waals surface area contributed by atoms with E-state index in [-0.39, 0.29) is 4.87 Å². The Morgan fingerprint density at radius 2 is 1.48 bits per heavy atom. The lowest BCUT2D eigenvalue weighted by molar-refractivity contribution is 0.381. The molecule has 3 rings (SSSR count). The zero-order chi connectivity index (χ0) is 14.5. The summed E-state index contributed by atoms with van der Waals surface area (Å²) in [6.07, 6.45) is 3.42. The molecule has 1 saturated heterocycles. The van der Waals surface area contributed by atoms with Crippen molar-refractivity contribution in [1.82, 2.24) is 5.32 Å². The van der Waals surface area contributed by atoms with Crippen molar-refractivity contribution >= 4 is 11.8 Å². The number of rotatable bonds is 4. The van der Waals surface area contributed by atoms with Crippen LogP contribution in [0.15, 0.2) is 60.7 Å². The molecular formula is C19H23NS. The average molecular weight is 297 g/mol. The van der Waals surface area contributed by atoms with Crippen molar-refractivity contribution in [2.45, 2.75) is 37.1 Å². The molecule has 2 aromatic rings. The summed E-state index contributed by atoms with van der Waals surface area (Å²) >= 11 is 2.09. The summed E-state index contributed by atoms with van der Waals surface area (Å²) in [6.45, 7) is 2.31. The molecule has 0 radical (unpaired) electrons. The summed E-state index contributed by atoms with van der Waals surface area (Å²) in [6, 6.07) is 22.3. The Kier molecular flexibility index (Phi) is 4.67. The maximum atomic E-state index is 3.89. The van der Waals surface area contributed by atoms with E-state index in [9.17, 15) is 0 Å². The van der Waals surface area contributed by atoms with Gasteiger partial charge >= 0.3 is 0 Å². The third-order valence-corrected chi connectivity index (χ3v) is 5.50. The van der Waals surface area contributed by atoms with E-state index in [4.69, 9.17) is 0 Å². The van der Waals surface area contributed by atoms with Gasteiger partial charge in [-0.05, 0) is 30.2 Å². The second kappa shape index (κ2) is 6.67. The molecule has 1 atom stereocenters. The quantitative estimate of drug-likeness (QED) is 0.904. The monoisotopic (exact) mass is 297 g/mol. The molecule has 1 fully saturated rings. The first-order valence-electron chi connectivity index (χ1n) is 7.75. The molecule has 0 aromatic heterocycles. The lowest BCUT2D eigenvalue weighted by Crippen LogP contribution is -2.53. The van der Waals surface area contributed by atoms with Gasteiger partial charge in [-0.2, -0.15) is 0 Å². The number of hydrogen-bond acceptors (Lipinski definition) is 2. The molecule has 1 nitrogen and oxygen atoms in total. The fourth-order valence-electron chi connectivity index (χ4n) is 3.11. The van der Waals surface area contributed by atoms with E-state index < -0.39 is 0 Å². The van der Waals surface area contributed by atoms with Gasteiger partial charge < -0.3 is 0 Å². The Morgan fingerprint density at radius 3 is 1.95 bits per heavy atom. The third-order valence-electron chi connectivity index (χ3n) is 4.10. The highest BCUT2D eigenvalue weighted by Gasteiger charge is 2.35. The molecule has 0 amide bonds. The van der Waals surface area contributed by atoms with Crippen LogP contribution in [0.1, 0.15) is 24.5 Å². The van der Waals surface area contributed by atoms with Crippen LogP contribution in [-0.4, -0.2) is 16.7 Å². The predicted molar refractivity (Wildman–Crippen MR) is 92.7 cm³/mol. The number of nitrogens with one attached hydrogen (secondary N) is 1. The van der Waals surface area contributed by atoms with Crippen LogP contribution in [0.4, 0.5) is 0 Å². The van der Waals surface area contributed by atoms with Crippen molar-refractivity contribution in [3.63, 3.8) is 0 Å². The van der Waals surface area contributed by atoms with Gasteiger partial charge in [0.15, 0.2) is 0 Å². The minimum Gasteiger partial charge on any atom is -0.300 e. The number of hydrogen-bond donors (Lipinski definition) is 1. The molecule has 2 heteroatoms. The third kappa shape index (κ3) is 3.90. The van der Waals surface area contributed by atoms with E-state index >= 15 is 0 Å². The summed E-state index contributed by atoms with van der Waals surface area (Å²) in [5.41, 5.74) is 2.84. The summed E-state index contributed by atoms with van der Waals surface area (Å²) in [7, 11) is 0. The van der Waals surface area contributed by atoms with Gasteiger partial charge in [-0.3, -0.25) is 5.32 Å². The molecule has 0 aliphatic carbocycles. The Hall–Kier alpha value is -1.25. The second-order valence-electron chi connectivity index (χ2n) is 6.00. The Balaban J connectivity index is 1.84. The van der Waals surface area contributed by atoms with Crippen LogP contribution >= 0.6 is 11.8 Å². The van der Waals surface area contributed by atoms with E-state index in [2.05, 4.69) is 84.7 Å². The van der Waals surface area contributed by atoms with Crippen molar-refractivity contribution in [2.24, 2.45) is 0 Å². The number of thioether (sulfide) groups is 1. The minimum absolute atomic E-state index is 0.125. The van der Waals surface area contributed by atoms with Crippen molar-refractivity contribution in [2.75, 3.05) is 5.75 Å².